The van der Waals surface area contributed by atoms with Crippen molar-refractivity contribution in [3.05, 3.63) is 54.1 Å². The number of nitrogens with one attached hydrogen (secondary N) is 1. The van der Waals surface area contributed by atoms with Crippen molar-refractivity contribution in [1.29, 1.82) is 0 Å². The molecule has 1 fully saturated rings. The zero-order chi connectivity index (χ0) is 18.2. The van der Waals surface area contributed by atoms with E-state index in [4.69, 9.17) is 9.72 Å². The predicted molar refractivity (Wildman–Crippen MR) is 106 cm³/mol. The Kier molecular flexibility index (Phi) is 3.98. The molecule has 0 amide bonds. The maximum absolute atomic E-state index is 5.74. The van der Waals surface area contributed by atoms with Gasteiger partial charge in [0.15, 0.2) is 5.65 Å². The topological polar surface area (TPSA) is 64.3 Å². The van der Waals surface area contributed by atoms with E-state index in [9.17, 15) is 0 Å². The Morgan fingerprint density at radius 1 is 1.15 bits per heavy atom. The molecule has 2 aromatic heterocycles. The van der Waals surface area contributed by atoms with Crippen molar-refractivity contribution in [3.8, 4) is 11.3 Å². The summed E-state index contributed by atoms with van der Waals surface area (Å²) >= 11 is 0. The van der Waals surface area contributed by atoms with Crippen molar-refractivity contribution in [1.82, 2.24) is 19.8 Å². The smallest absolute Gasteiger partial charge is 0.186 e. The number of anilines is 1. The standard InChI is InChI=1S/C21H21N5O/c1-14-8-10-15(11-9-14)19-21-23-20(22-13-16-5-4-12-27-16)17-6-2-3-7-18(17)26(21)25-24-19/h2-3,6-11,16H,4-5,12-13H2,1H3,(H,22,23)/t16-/m1/s1. The number of rotatable bonds is 4. The van der Waals surface area contributed by atoms with E-state index in [1.165, 1.54) is 5.56 Å². The van der Waals surface area contributed by atoms with Crippen LogP contribution in [0.25, 0.3) is 27.8 Å². The number of aromatic nitrogens is 4. The molecule has 5 rings (SSSR count). The second kappa shape index (κ2) is 6.63. The summed E-state index contributed by atoms with van der Waals surface area (Å²) < 4.78 is 7.56. The van der Waals surface area contributed by atoms with Gasteiger partial charge in [0.2, 0.25) is 0 Å². The minimum absolute atomic E-state index is 0.251. The van der Waals surface area contributed by atoms with E-state index in [1.807, 2.05) is 16.6 Å². The molecule has 27 heavy (non-hydrogen) atoms. The van der Waals surface area contributed by atoms with E-state index in [0.29, 0.717) is 0 Å². The summed E-state index contributed by atoms with van der Waals surface area (Å²) in [6.07, 6.45) is 2.47. The minimum atomic E-state index is 0.251. The summed E-state index contributed by atoms with van der Waals surface area (Å²) in [5.74, 6) is 0.851. The van der Waals surface area contributed by atoms with Crippen LogP contribution in [0.4, 0.5) is 5.82 Å². The summed E-state index contributed by atoms with van der Waals surface area (Å²) in [5, 5.41) is 13.3. The van der Waals surface area contributed by atoms with Crippen LogP contribution in [0.2, 0.25) is 0 Å². The van der Waals surface area contributed by atoms with E-state index in [0.717, 1.165) is 59.6 Å². The predicted octanol–water partition coefficient (Wildman–Crippen LogP) is 3.84. The maximum Gasteiger partial charge on any atom is 0.186 e. The van der Waals surface area contributed by atoms with Crippen LogP contribution in [-0.4, -0.2) is 39.1 Å². The monoisotopic (exact) mass is 359 g/mol. The minimum Gasteiger partial charge on any atom is -0.376 e. The maximum atomic E-state index is 5.74. The Bertz CT molecular complexity index is 1100. The number of hydrogen-bond donors (Lipinski definition) is 1. The molecule has 0 spiro atoms. The number of para-hydroxylation sites is 1. The SMILES string of the molecule is Cc1ccc(-c2nnn3c2nc(NC[C@H]2CCCO2)c2ccccc23)cc1. The first-order valence-corrected chi connectivity index (χ1v) is 9.36. The van der Waals surface area contributed by atoms with Crippen molar-refractivity contribution >= 4 is 22.4 Å². The van der Waals surface area contributed by atoms with E-state index < -0.39 is 0 Å². The molecule has 1 saturated heterocycles. The van der Waals surface area contributed by atoms with Crippen LogP contribution >= 0.6 is 0 Å². The summed E-state index contributed by atoms with van der Waals surface area (Å²) in [5.41, 5.74) is 4.77. The summed E-state index contributed by atoms with van der Waals surface area (Å²) in [4.78, 5) is 4.89. The molecule has 0 unspecified atom stereocenters. The van der Waals surface area contributed by atoms with E-state index in [1.54, 1.807) is 0 Å². The Balaban J connectivity index is 1.63. The van der Waals surface area contributed by atoms with Crippen molar-refractivity contribution in [2.45, 2.75) is 25.9 Å². The third-order valence-electron chi connectivity index (χ3n) is 5.10. The van der Waals surface area contributed by atoms with Gasteiger partial charge < -0.3 is 10.1 Å². The average molecular weight is 359 g/mol. The van der Waals surface area contributed by atoms with Gasteiger partial charge in [-0.05, 0) is 31.9 Å². The molecule has 0 bridgehead atoms. The van der Waals surface area contributed by atoms with Crippen LogP contribution in [0.1, 0.15) is 18.4 Å². The highest BCUT2D eigenvalue weighted by Gasteiger charge is 2.18. The summed E-state index contributed by atoms with van der Waals surface area (Å²) in [7, 11) is 0. The number of nitrogens with zero attached hydrogens (tertiary/aromatic N) is 4. The van der Waals surface area contributed by atoms with Crippen molar-refractivity contribution in [2.24, 2.45) is 0 Å². The zero-order valence-electron chi connectivity index (χ0n) is 15.2. The molecule has 4 aromatic rings. The number of aryl methyl sites for hydroxylation is 1. The largest absolute Gasteiger partial charge is 0.376 e. The number of hydrogen-bond acceptors (Lipinski definition) is 5. The first-order chi connectivity index (χ1) is 13.3. The Hall–Kier alpha value is -2.99. The normalized spacial score (nSPS) is 17.0. The van der Waals surface area contributed by atoms with Crippen molar-refractivity contribution < 1.29 is 4.74 Å². The number of benzene rings is 2. The van der Waals surface area contributed by atoms with Crippen LogP contribution < -0.4 is 5.32 Å². The Morgan fingerprint density at radius 2 is 2.00 bits per heavy atom. The second-order valence-electron chi connectivity index (χ2n) is 7.03. The molecular weight excluding hydrogens is 338 g/mol. The van der Waals surface area contributed by atoms with Gasteiger partial charge in [-0.25, -0.2) is 4.98 Å². The van der Waals surface area contributed by atoms with Gasteiger partial charge in [0.05, 0.1) is 11.6 Å². The van der Waals surface area contributed by atoms with Crippen LogP contribution in [0.5, 0.6) is 0 Å². The highest BCUT2D eigenvalue weighted by atomic mass is 16.5. The van der Waals surface area contributed by atoms with E-state index in [2.05, 4.69) is 59.0 Å². The second-order valence-corrected chi connectivity index (χ2v) is 7.03. The molecule has 6 nitrogen and oxygen atoms in total. The lowest BCUT2D eigenvalue weighted by molar-refractivity contribution is 0.120. The van der Waals surface area contributed by atoms with Crippen LogP contribution in [0.3, 0.4) is 0 Å². The number of ether oxygens (including phenoxy) is 1. The van der Waals surface area contributed by atoms with Crippen LogP contribution in [-0.2, 0) is 4.74 Å². The molecule has 1 atom stereocenters. The molecule has 0 radical (unpaired) electrons. The third kappa shape index (κ3) is 2.92. The molecule has 0 saturated carbocycles. The Labute approximate surface area is 157 Å². The van der Waals surface area contributed by atoms with Crippen LogP contribution in [0.15, 0.2) is 48.5 Å². The third-order valence-corrected chi connectivity index (χ3v) is 5.10. The first-order valence-electron chi connectivity index (χ1n) is 9.36. The van der Waals surface area contributed by atoms with E-state index >= 15 is 0 Å². The molecule has 2 aromatic carbocycles. The van der Waals surface area contributed by atoms with Gasteiger partial charge in [-0.3, -0.25) is 0 Å². The summed E-state index contributed by atoms with van der Waals surface area (Å²) in [6.45, 7) is 3.68. The van der Waals surface area contributed by atoms with Crippen molar-refractivity contribution in [3.63, 3.8) is 0 Å². The molecular formula is C21H21N5O. The highest BCUT2D eigenvalue weighted by Crippen LogP contribution is 2.28. The molecule has 3 heterocycles. The quantitative estimate of drug-likeness (QED) is 0.600. The lowest BCUT2D eigenvalue weighted by Gasteiger charge is -2.13. The van der Waals surface area contributed by atoms with E-state index in [-0.39, 0.29) is 6.10 Å². The number of fused-ring (bicyclic) bond motifs is 3. The lowest BCUT2D eigenvalue weighted by Crippen LogP contribution is -2.19. The van der Waals surface area contributed by atoms with Gasteiger partial charge in [0, 0.05) is 24.1 Å². The van der Waals surface area contributed by atoms with Crippen molar-refractivity contribution in [2.75, 3.05) is 18.5 Å². The van der Waals surface area contributed by atoms with Gasteiger partial charge in [-0.2, -0.15) is 4.52 Å². The molecule has 1 N–H and O–H groups in total. The zero-order valence-corrected chi connectivity index (χ0v) is 15.2. The fourth-order valence-corrected chi connectivity index (χ4v) is 3.61. The molecule has 136 valence electrons. The van der Waals surface area contributed by atoms with Crippen LogP contribution in [0, 0.1) is 6.92 Å². The Morgan fingerprint density at radius 3 is 2.81 bits per heavy atom. The van der Waals surface area contributed by atoms with Gasteiger partial charge in [-0.1, -0.05) is 47.2 Å². The lowest BCUT2D eigenvalue weighted by atomic mass is 10.1. The highest BCUT2D eigenvalue weighted by molar-refractivity contribution is 5.93. The first kappa shape index (κ1) is 16.2. The fraction of sp³-hybridized carbons (Fsp3) is 0.286. The molecule has 6 heteroatoms. The summed E-state index contributed by atoms with van der Waals surface area (Å²) in [6, 6.07) is 16.4. The average Bonchev–Trinajstić information content (AvgIpc) is 3.37. The van der Waals surface area contributed by atoms with Gasteiger partial charge in [0.1, 0.15) is 11.5 Å². The fourth-order valence-electron chi connectivity index (χ4n) is 3.61. The molecule has 1 aliphatic heterocycles. The van der Waals surface area contributed by atoms with Gasteiger partial charge in [0.25, 0.3) is 0 Å². The van der Waals surface area contributed by atoms with Gasteiger partial charge in [-0.15, -0.1) is 5.10 Å². The van der Waals surface area contributed by atoms with Gasteiger partial charge >= 0.3 is 0 Å². The molecule has 1 aliphatic rings. The molecule has 0 aliphatic carbocycles.